The summed E-state index contributed by atoms with van der Waals surface area (Å²) < 4.78 is 9.79. The average Bonchev–Trinajstić information content (AvgIpc) is 3.16. The Labute approximate surface area is 194 Å². The number of aryl methyl sites for hydroxylation is 2. The molecule has 0 aliphatic carbocycles. The van der Waals surface area contributed by atoms with Gasteiger partial charge in [0.2, 0.25) is 5.78 Å². The van der Waals surface area contributed by atoms with Crippen LogP contribution >= 0.6 is 11.5 Å². The van der Waals surface area contributed by atoms with Gasteiger partial charge in [-0.3, -0.25) is 19.2 Å². The van der Waals surface area contributed by atoms with Crippen LogP contribution in [0.3, 0.4) is 0 Å². The molecule has 8 heteroatoms. The highest BCUT2D eigenvalue weighted by atomic mass is 32.1. The Kier molecular flexibility index (Phi) is 9.55. The molecule has 2 bridgehead atoms. The zero-order valence-corrected chi connectivity index (χ0v) is 20.7. The molecule has 0 saturated carbocycles. The van der Waals surface area contributed by atoms with Crippen molar-refractivity contribution in [2.75, 3.05) is 13.2 Å². The number of hydrogen-bond donors (Lipinski definition) is 1. The predicted octanol–water partition coefficient (Wildman–Crippen LogP) is 3.53. The van der Waals surface area contributed by atoms with Gasteiger partial charge in [-0.05, 0) is 54.6 Å². The van der Waals surface area contributed by atoms with Gasteiger partial charge in [0, 0.05) is 29.7 Å². The number of ether oxygens (including phenoxy) is 1. The Morgan fingerprint density at radius 3 is 2.62 bits per heavy atom. The topological polar surface area (TPSA) is 102 Å². The Balaban J connectivity index is 2.09. The summed E-state index contributed by atoms with van der Waals surface area (Å²) in [7, 11) is 0. The highest BCUT2D eigenvalue weighted by molar-refractivity contribution is 7.05. The number of esters is 1. The molecular formula is C24H36N2O5S. The van der Waals surface area contributed by atoms with Crippen LogP contribution < -0.4 is 5.32 Å². The lowest BCUT2D eigenvalue weighted by molar-refractivity contribution is -0.150. The monoisotopic (exact) mass is 464 g/mol. The molecule has 0 spiro atoms. The second-order valence-corrected chi connectivity index (χ2v) is 11.1. The van der Waals surface area contributed by atoms with E-state index in [9.17, 15) is 19.2 Å². The van der Waals surface area contributed by atoms with Crippen LogP contribution in [0.5, 0.6) is 0 Å². The van der Waals surface area contributed by atoms with Crippen molar-refractivity contribution >= 4 is 35.0 Å². The van der Waals surface area contributed by atoms with Crippen molar-refractivity contribution in [2.45, 2.75) is 73.1 Å². The summed E-state index contributed by atoms with van der Waals surface area (Å²) in [5.74, 6) is -3.14. The van der Waals surface area contributed by atoms with Gasteiger partial charge in [-0.25, -0.2) is 0 Å². The lowest BCUT2D eigenvalue weighted by Gasteiger charge is -2.23. The Morgan fingerprint density at radius 1 is 1.25 bits per heavy atom. The third kappa shape index (κ3) is 8.45. The van der Waals surface area contributed by atoms with E-state index >= 15 is 0 Å². The summed E-state index contributed by atoms with van der Waals surface area (Å²) in [6.07, 6.45) is 2.38. The fraction of sp³-hybridized carbons (Fsp3) is 0.708. The molecule has 1 aromatic heterocycles. The van der Waals surface area contributed by atoms with Gasteiger partial charge < -0.3 is 10.1 Å². The molecule has 1 aliphatic heterocycles. The minimum Gasteiger partial charge on any atom is -0.465 e. The number of fused-ring (bicyclic) bond motifs is 2. The maximum atomic E-state index is 13.1. The van der Waals surface area contributed by atoms with Gasteiger partial charge in [0.05, 0.1) is 18.7 Å². The lowest BCUT2D eigenvalue weighted by atomic mass is 9.82. The maximum Gasteiger partial charge on any atom is 0.306 e. The number of ketones is 2. The van der Waals surface area contributed by atoms with E-state index in [4.69, 9.17) is 4.74 Å². The van der Waals surface area contributed by atoms with E-state index in [1.165, 1.54) is 11.5 Å². The zero-order valence-electron chi connectivity index (χ0n) is 19.9. The van der Waals surface area contributed by atoms with Crippen molar-refractivity contribution in [1.82, 2.24) is 9.69 Å². The standard InChI is InChI=1S/C24H36N2O5S/c1-15(2)19(13-21(28)31-14-24(3,4)5)20(27)11-16-8-9-17-12-18(32-26-17)7-6-10-25-23(30)22(16)29/h12,15-16,19H,6-11,13-14H2,1-5H3,(H,25,30). The maximum absolute atomic E-state index is 13.1. The van der Waals surface area contributed by atoms with Crippen molar-refractivity contribution < 1.29 is 23.9 Å². The number of carbonyl (C=O) groups excluding carboxylic acids is 4. The van der Waals surface area contributed by atoms with E-state index in [-0.39, 0.29) is 36.6 Å². The van der Waals surface area contributed by atoms with Gasteiger partial charge >= 0.3 is 5.97 Å². The fourth-order valence-corrected chi connectivity index (χ4v) is 4.43. The van der Waals surface area contributed by atoms with Crippen LogP contribution in [0.15, 0.2) is 6.07 Å². The SMILES string of the molecule is CC(C)C(CC(=O)OCC(C)(C)C)C(=O)CC1CCc2cc(sn2)CCCNC(=O)C1=O. The quantitative estimate of drug-likeness (QED) is 0.489. The first-order valence-corrected chi connectivity index (χ1v) is 12.2. The van der Waals surface area contributed by atoms with Crippen molar-refractivity contribution in [3.8, 4) is 0 Å². The van der Waals surface area contributed by atoms with Crippen LogP contribution in [0.2, 0.25) is 0 Å². The first-order valence-electron chi connectivity index (χ1n) is 11.4. The number of hydrogen-bond acceptors (Lipinski definition) is 7. The third-order valence-electron chi connectivity index (χ3n) is 5.56. The molecule has 1 aromatic rings. The molecule has 1 amide bonds. The van der Waals surface area contributed by atoms with Crippen LogP contribution in [0.4, 0.5) is 0 Å². The van der Waals surface area contributed by atoms with Crippen molar-refractivity contribution in [3.05, 3.63) is 16.6 Å². The van der Waals surface area contributed by atoms with E-state index in [0.717, 1.165) is 23.4 Å². The fourth-order valence-electron chi connectivity index (χ4n) is 3.63. The number of rotatable bonds is 7. The molecule has 178 valence electrons. The molecule has 2 atom stereocenters. The van der Waals surface area contributed by atoms with E-state index < -0.39 is 29.5 Å². The molecule has 2 rings (SSSR count). The lowest BCUT2D eigenvalue weighted by Crippen LogP contribution is -2.38. The molecule has 1 aliphatic rings. The number of aromatic nitrogens is 1. The Morgan fingerprint density at radius 2 is 1.97 bits per heavy atom. The van der Waals surface area contributed by atoms with Gasteiger partial charge in [-0.2, -0.15) is 4.37 Å². The van der Waals surface area contributed by atoms with E-state index in [0.29, 0.717) is 19.4 Å². The minimum absolute atomic E-state index is 0.0187. The molecular weight excluding hydrogens is 428 g/mol. The highest BCUT2D eigenvalue weighted by Crippen LogP contribution is 2.25. The van der Waals surface area contributed by atoms with Crippen LogP contribution in [-0.2, 0) is 36.8 Å². The Hall–Kier alpha value is -2.09. The number of Topliss-reactive ketones (excluding diaryl/α,β-unsaturated/α-hetero) is 2. The van der Waals surface area contributed by atoms with Gasteiger partial charge in [-0.1, -0.05) is 34.6 Å². The van der Waals surface area contributed by atoms with Gasteiger partial charge in [0.25, 0.3) is 5.91 Å². The number of nitrogens with one attached hydrogen (secondary N) is 1. The third-order valence-corrected chi connectivity index (χ3v) is 6.44. The summed E-state index contributed by atoms with van der Waals surface area (Å²) in [4.78, 5) is 51.8. The Bertz CT molecular complexity index is 825. The number of nitrogens with zero attached hydrogens (tertiary/aromatic N) is 1. The number of amides is 1. The summed E-state index contributed by atoms with van der Waals surface area (Å²) in [5, 5.41) is 2.68. The highest BCUT2D eigenvalue weighted by Gasteiger charge is 2.33. The summed E-state index contributed by atoms with van der Waals surface area (Å²) in [6, 6.07) is 2.04. The summed E-state index contributed by atoms with van der Waals surface area (Å²) in [6.45, 7) is 10.4. The van der Waals surface area contributed by atoms with Crippen LogP contribution in [0, 0.1) is 23.2 Å². The van der Waals surface area contributed by atoms with Gasteiger partial charge in [-0.15, -0.1) is 0 Å². The van der Waals surface area contributed by atoms with Gasteiger partial charge in [0.15, 0.2) is 0 Å². The molecule has 2 heterocycles. The second-order valence-electron chi connectivity index (χ2n) is 10.2. The van der Waals surface area contributed by atoms with Crippen LogP contribution in [-0.4, -0.2) is 41.0 Å². The largest absolute Gasteiger partial charge is 0.465 e. The smallest absolute Gasteiger partial charge is 0.306 e. The van der Waals surface area contributed by atoms with Crippen LogP contribution in [0.1, 0.15) is 70.9 Å². The summed E-state index contributed by atoms with van der Waals surface area (Å²) >= 11 is 1.44. The predicted molar refractivity (Wildman–Crippen MR) is 123 cm³/mol. The molecule has 0 saturated heterocycles. The molecule has 0 radical (unpaired) electrons. The van der Waals surface area contributed by atoms with E-state index in [2.05, 4.69) is 9.69 Å². The molecule has 0 fully saturated rings. The molecule has 0 aromatic carbocycles. The molecule has 2 unspecified atom stereocenters. The average molecular weight is 465 g/mol. The van der Waals surface area contributed by atoms with Crippen molar-refractivity contribution in [3.63, 3.8) is 0 Å². The molecule has 7 nitrogen and oxygen atoms in total. The second kappa shape index (κ2) is 11.7. The van der Waals surface area contributed by atoms with Crippen LogP contribution in [0.25, 0.3) is 0 Å². The first-order chi connectivity index (χ1) is 15.0. The zero-order chi connectivity index (χ0) is 23.9. The van der Waals surface area contributed by atoms with Gasteiger partial charge in [0.1, 0.15) is 5.78 Å². The van der Waals surface area contributed by atoms with Crippen molar-refractivity contribution in [2.24, 2.45) is 23.2 Å². The minimum atomic E-state index is -0.723. The molecule has 1 N–H and O–H groups in total. The number of carbonyl (C=O) groups is 4. The van der Waals surface area contributed by atoms with Crippen molar-refractivity contribution in [1.29, 1.82) is 0 Å². The van der Waals surface area contributed by atoms with E-state index in [1.807, 2.05) is 40.7 Å². The normalized spacial score (nSPS) is 19.0. The molecule has 32 heavy (non-hydrogen) atoms. The van der Waals surface area contributed by atoms with E-state index in [1.54, 1.807) is 0 Å². The first kappa shape index (κ1) is 26.2. The summed E-state index contributed by atoms with van der Waals surface area (Å²) in [5.41, 5.74) is 0.734.